The molecular formula is C24H35NO4. The number of benzene rings is 1. The van der Waals surface area contributed by atoms with E-state index >= 15 is 0 Å². The highest BCUT2D eigenvalue weighted by atomic mass is 16.5. The third-order valence-electron chi connectivity index (χ3n) is 6.11. The number of esters is 2. The average molecular weight is 402 g/mol. The molecule has 2 aliphatic rings. The van der Waals surface area contributed by atoms with Gasteiger partial charge in [-0.2, -0.15) is 0 Å². The molecule has 3 rings (SSSR count). The maximum Gasteiger partial charge on any atom is 0.338 e. The fourth-order valence-electron chi connectivity index (χ4n) is 4.73. The highest BCUT2D eigenvalue weighted by molar-refractivity contribution is 5.89. The quantitative estimate of drug-likeness (QED) is 0.726. The number of carbonyl (C=O) groups is 2. The van der Waals surface area contributed by atoms with E-state index in [2.05, 4.69) is 5.32 Å². The molecule has 2 unspecified atom stereocenters. The maximum atomic E-state index is 12.3. The first kappa shape index (κ1) is 21.8. The van der Waals surface area contributed by atoms with Crippen LogP contribution in [0.15, 0.2) is 24.3 Å². The van der Waals surface area contributed by atoms with Gasteiger partial charge in [0.25, 0.3) is 0 Å². The first-order valence-electron chi connectivity index (χ1n) is 11.1. The van der Waals surface area contributed by atoms with Crippen LogP contribution in [-0.2, 0) is 20.7 Å². The van der Waals surface area contributed by atoms with Gasteiger partial charge in [0, 0.05) is 0 Å². The van der Waals surface area contributed by atoms with E-state index in [-0.39, 0.29) is 30.2 Å². The summed E-state index contributed by atoms with van der Waals surface area (Å²) < 4.78 is 10.7. The van der Waals surface area contributed by atoms with Crippen molar-refractivity contribution in [3.63, 3.8) is 0 Å². The van der Waals surface area contributed by atoms with Crippen molar-refractivity contribution in [1.29, 1.82) is 0 Å². The fraction of sp³-hybridized carbons (Fsp3) is 0.667. The molecule has 0 amide bonds. The van der Waals surface area contributed by atoms with E-state index in [1.807, 2.05) is 52.0 Å². The van der Waals surface area contributed by atoms with Gasteiger partial charge in [-0.25, -0.2) is 4.79 Å². The van der Waals surface area contributed by atoms with Gasteiger partial charge >= 0.3 is 11.9 Å². The van der Waals surface area contributed by atoms with Gasteiger partial charge in [0.15, 0.2) is 0 Å². The number of rotatable bonds is 6. The van der Waals surface area contributed by atoms with Crippen molar-refractivity contribution in [3.8, 4) is 0 Å². The Kier molecular flexibility index (Phi) is 7.33. The Bertz CT molecular complexity index is 697. The summed E-state index contributed by atoms with van der Waals surface area (Å²) in [5, 5.41) is 3.40. The van der Waals surface area contributed by atoms with E-state index in [4.69, 9.17) is 9.47 Å². The normalized spacial score (nSPS) is 26.8. The van der Waals surface area contributed by atoms with Crippen LogP contribution in [0.5, 0.6) is 0 Å². The minimum atomic E-state index is -0.263. The van der Waals surface area contributed by atoms with E-state index in [1.165, 1.54) is 18.4 Å². The fourth-order valence-corrected chi connectivity index (χ4v) is 4.73. The summed E-state index contributed by atoms with van der Waals surface area (Å²) >= 11 is 0. The summed E-state index contributed by atoms with van der Waals surface area (Å²) in [6.07, 6.45) is 5.33. The van der Waals surface area contributed by atoms with Crippen molar-refractivity contribution in [2.24, 2.45) is 17.8 Å². The zero-order valence-corrected chi connectivity index (χ0v) is 18.1. The van der Waals surface area contributed by atoms with Gasteiger partial charge in [0.05, 0.1) is 17.8 Å². The van der Waals surface area contributed by atoms with E-state index in [9.17, 15) is 9.59 Å². The number of fused-ring (bicyclic) bond motifs is 1. The molecule has 4 atom stereocenters. The molecule has 0 spiro atoms. The van der Waals surface area contributed by atoms with Gasteiger partial charge in [0.2, 0.25) is 0 Å². The van der Waals surface area contributed by atoms with Crippen molar-refractivity contribution in [1.82, 2.24) is 5.32 Å². The van der Waals surface area contributed by atoms with Crippen LogP contribution in [0.2, 0.25) is 0 Å². The van der Waals surface area contributed by atoms with E-state index < -0.39 is 0 Å². The topological polar surface area (TPSA) is 64.6 Å². The lowest BCUT2D eigenvalue weighted by molar-refractivity contribution is -0.151. The second-order valence-electron chi connectivity index (χ2n) is 9.24. The lowest BCUT2D eigenvalue weighted by Gasteiger charge is -2.42. The monoisotopic (exact) mass is 401 g/mol. The molecule has 0 radical (unpaired) electrons. The summed E-state index contributed by atoms with van der Waals surface area (Å²) in [6, 6.07) is 7.67. The molecule has 5 heteroatoms. The number of hydrogen-bond donors (Lipinski definition) is 1. The average Bonchev–Trinajstić information content (AvgIpc) is 2.67. The molecular weight excluding hydrogens is 366 g/mol. The van der Waals surface area contributed by atoms with Gasteiger partial charge in [-0.1, -0.05) is 12.1 Å². The number of carbonyl (C=O) groups excluding carboxylic acids is 2. The second-order valence-corrected chi connectivity index (χ2v) is 9.24. The Balaban J connectivity index is 1.54. The lowest BCUT2D eigenvalue weighted by atomic mass is 9.68. The SMILES string of the molecule is CC(C)OC(=O)c1ccc(C[C@H]2CCC3CN[C@H](C(=O)OC(C)C)CC3C2)cc1. The molecule has 1 aromatic carbocycles. The van der Waals surface area contributed by atoms with Gasteiger partial charge in [-0.05, 0) is 102 Å². The summed E-state index contributed by atoms with van der Waals surface area (Å²) in [7, 11) is 0. The number of nitrogens with one attached hydrogen (secondary N) is 1. The third-order valence-corrected chi connectivity index (χ3v) is 6.11. The Hall–Kier alpha value is -1.88. The van der Waals surface area contributed by atoms with E-state index in [0.29, 0.717) is 23.3 Å². The molecule has 2 fully saturated rings. The van der Waals surface area contributed by atoms with Gasteiger partial charge in [-0.3, -0.25) is 4.79 Å². The largest absolute Gasteiger partial charge is 0.462 e. The first-order valence-corrected chi connectivity index (χ1v) is 11.1. The maximum absolute atomic E-state index is 12.3. The number of piperidine rings is 1. The van der Waals surface area contributed by atoms with E-state index in [0.717, 1.165) is 25.8 Å². The summed E-state index contributed by atoms with van der Waals surface area (Å²) in [5.41, 5.74) is 1.87. The molecule has 1 aliphatic heterocycles. The van der Waals surface area contributed by atoms with Crippen LogP contribution in [0.3, 0.4) is 0 Å². The van der Waals surface area contributed by atoms with Gasteiger partial charge in [0.1, 0.15) is 6.04 Å². The Morgan fingerprint density at radius 1 is 0.966 bits per heavy atom. The highest BCUT2D eigenvalue weighted by Gasteiger charge is 2.38. The Morgan fingerprint density at radius 3 is 2.31 bits per heavy atom. The molecule has 29 heavy (non-hydrogen) atoms. The predicted molar refractivity (Wildman–Crippen MR) is 113 cm³/mol. The number of ether oxygens (including phenoxy) is 2. The van der Waals surface area contributed by atoms with Crippen LogP contribution in [0, 0.1) is 17.8 Å². The molecule has 0 bridgehead atoms. The van der Waals surface area contributed by atoms with Crippen molar-refractivity contribution in [2.45, 2.75) is 78.0 Å². The van der Waals surface area contributed by atoms with Crippen LogP contribution in [0.4, 0.5) is 0 Å². The molecule has 1 aromatic rings. The van der Waals surface area contributed by atoms with Gasteiger partial charge in [-0.15, -0.1) is 0 Å². The molecule has 160 valence electrons. The first-order chi connectivity index (χ1) is 13.8. The van der Waals surface area contributed by atoms with Crippen molar-refractivity contribution < 1.29 is 19.1 Å². The predicted octanol–water partition coefficient (Wildman–Crippen LogP) is 4.14. The smallest absolute Gasteiger partial charge is 0.338 e. The van der Waals surface area contributed by atoms with Crippen molar-refractivity contribution in [2.75, 3.05) is 6.54 Å². The van der Waals surface area contributed by atoms with E-state index in [1.54, 1.807) is 0 Å². The zero-order chi connectivity index (χ0) is 21.0. The summed E-state index contributed by atoms with van der Waals surface area (Å²) in [4.78, 5) is 24.3. The molecule has 0 aromatic heterocycles. The summed E-state index contributed by atoms with van der Waals surface area (Å²) in [5.74, 6) is 1.51. The molecule has 5 nitrogen and oxygen atoms in total. The minimum absolute atomic E-state index is 0.0677. The van der Waals surface area contributed by atoms with Gasteiger partial charge < -0.3 is 14.8 Å². The second kappa shape index (κ2) is 9.75. The Labute approximate surface area is 174 Å². The van der Waals surface area contributed by atoms with Crippen LogP contribution < -0.4 is 5.32 Å². The van der Waals surface area contributed by atoms with Crippen LogP contribution >= 0.6 is 0 Å². The number of hydrogen-bond acceptors (Lipinski definition) is 5. The molecule has 1 N–H and O–H groups in total. The summed E-state index contributed by atoms with van der Waals surface area (Å²) in [6.45, 7) is 8.43. The van der Waals surface area contributed by atoms with Crippen molar-refractivity contribution >= 4 is 11.9 Å². The van der Waals surface area contributed by atoms with Crippen LogP contribution in [-0.4, -0.2) is 36.7 Å². The lowest BCUT2D eigenvalue weighted by Crippen LogP contribution is -2.50. The standard InChI is InChI=1S/C24H35NO4/c1-15(2)28-23(26)19-8-5-17(6-9-19)11-18-7-10-20-14-25-22(13-21(20)12-18)24(27)29-16(3)4/h5-6,8-9,15-16,18,20-22,25H,7,10-14H2,1-4H3/t18-,20?,21?,22+/m1/s1. The molecule has 1 heterocycles. The molecule has 1 saturated carbocycles. The molecule has 1 saturated heterocycles. The van der Waals surface area contributed by atoms with Crippen LogP contribution in [0.1, 0.15) is 69.3 Å². The molecule has 1 aliphatic carbocycles. The van der Waals surface area contributed by atoms with Crippen molar-refractivity contribution in [3.05, 3.63) is 35.4 Å². The third kappa shape index (κ3) is 6.05. The zero-order valence-electron chi connectivity index (χ0n) is 18.1. The highest BCUT2D eigenvalue weighted by Crippen LogP contribution is 2.40. The minimum Gasteiger partial charge on any atom is -0.462 e. The Morgan fingerprint density at radius 2 is 1.66 bits per heavy atom. The van der Waals surface area contributed by atoms with Crippen LogP contribution in [0.25, 0.3) is 0 Å².